The van der Waals surface area contributed by atoms with E-state index < -0.39 is 0 Å². The molecule has 0 amide bonds. The third-order valence-electron chi connectivity index (χ3n) is 3.95. The van der Waals surface area contributed by atoms with Gasteiger partial charge in [-0.3, -0.25) is 10.1 Å². The smallest absolute Gasteiger partial charge is 0.0991 e. The normalized spacial score (nSPS) is 12.3. The predicted octanol–water partition coefficient (Wildman–Crippen LogP) is 3.11. The maximum atomic E-state index is 9.01. The molecule has 4 rings (SSSR count). The minimum Gasteiger partial charge on any atom is -0.277 e. The molecule has 0 spiro atoms. The van der Waals surface area contributed by atoms with E-state index in [2.05, 4.69) is 21.3 Å². The predicted molar refractivity (Wildman–Crippen MR) is 79.4 cm³/mol. The van der Waals surface area contributed by atoms with Crippen LogP contribution < -0.4 is 0 Å². The van der Waals surface area contributed by atoms with Gasteiger partial charge in [-0.25, -0.2) is 0 Å². The number of nitrogens with one attached hydrogen (secondary N) is 1. The average Bonchev–Trinajstić information content (AvgIpc) is 2.99. The Balaban J connectivity index is 1.87. The van der Waals surface area contributed by atoms with E-state index in [-0.39, 0.29) is 0 Å². The number of hydrogen-bond donors (Lipinski definition) is 1. The van der Waals surface area contributed by atoms with E-state index in [1.165, 1.54) is 11.1 Å². The minimum absolute atomic E-state index is 0.712. The summed E-state index contributed by atoms with van der Waals surface area (Å²) in [5, 5.41) is 16.6. The van der Waals surface area contributed by atoms with Crippen LogP contribution in [0.5, 0.6) is 0 Å². The molecule has 3 aromatic rings. The largest absolute Gasteiger partial charge is 0.277 e. The third-order valence-corrected chi connectivity index (χ3v) is 3.95. The second-order valence-electron chi connectivity index (χ2n) is 5.15. The van der Waals surface area contributed by atoms with Crippen molar-refractivity contribution < 1.29 is 0 Å². The Bertz CT molecular complexity index is 856. The molecular weight excluding hydrogens is 260 g/mol. The number of fused-ring (bicyclic) bond motifs is 3. The first-order valence-electron chi connectivity index (χ1n) is 6.88. The molecule has 0 atom stereocenters. The van der Waals surface area contributed by atoms with E-state index in [0.717, 1.165) is 35.4 Å². The fraction of sp³-hybridized carbons (Fsp3) is 0.118. The van der Waals surface area contributed by atoms with Gasteiger partial charge >= 0.3 is 0 Å². The van der Waals surface area contributed by atoms with E-state index in [9.17, 15) is 0 Å². The summed E-state index contributed by atoms with van der Waals surface area (Å²) in [4.78, 5) is 4.17. The van der Waals surface area contributed by atoms with Gasteiger partial charge in [-0.1, -0.05) is 6.07 Å². The van der Waals surface area contributed by atoms with Crippen molar-refractivity contribution in [1.29, 1.82) is 5.26 Å². The van der Waals surface area contributed by atoms with Crippen molar-refractivity contribution in [3.8, 4) is 28.6 Å². The topological polar surface area (TPSA) is 65.4 Å². The molecule has 1 aromatic carbocycles. The summed E-state index contributed by atoms with van der Waals surface area (Å²) < 4.78 is 0. The van der Waals surface area contributed by atoms with E-state index in [0.29, 0.717) is 5.56 Å². The van der Waals surface area contributed by atoms with Crippen molar-refractivity contribution in [2.75, 3.05) is 0 Å². The Hall–Kier alpha value is -2.93. The van der Waals surface area contributed by atoms with E-state index >= 15 is 0 Å². The van der Waals surface area contributed by atoms with Crippen LogP contribution in [0.2, 0.25) is 0 Å². The van der Waals surface area contributed by atoms with Gasteiger partial charge in [0.25, 0.3) is 0 Å². The zero-order valence-electron chi connectivity index (χ0n) is 11.3. The number of H-pyrrole nitrogens is 1. The molecule has 2 heterocycles. The number of aromatic amines is 1. The first kappa shape index (κ1) is 11.9. The molecule has 0 saturated heterocycles. The number of hydrogen-bond acceptors (Lipinski definition) is 3. The van der Waals surface area contributed by atoms with Gasteiger partial charge in [0.2, 0.25) is 0 Å². The molecular formula is C17H12N4. The molecule has 0 radical (unpaired) electrons. The van der Waals surface area contributed by atoms with Gasteiger partial charge in [-0.15, -0.1) is 0 Å². The number of pyridine rings is 1. The maximum Gasteiger partial charge on any atom is 0.0991 e. The monoisotopic (exact) mass is 272 g/mol. The van der Waals surface area contributed by atoms with E-state index in [4.69, 9.17) is 5.26 Å². The second-order valence-corrected chi connectivity index (χ2v) is 5.15. The highest BCUT2D eigenvalue weighted by Crippen LogP contribution is 2.37. The third kappa shape index (κ3) is 1.83. The minimum atomic E-state index is 0.712. The highest BCUT2D eigenvalue weighted by atomic mass is 15.1. The fourth-order valence-corrected chi connectivity index (χ4v) is 2.95. The Morgan fingerprint density at radius 1 is 1.19 bits per heavy atom. The van der Waals surface area contributed by atoms with Crippen LogP contribution in [0.4, 0.5) is 0 Å². The van der Waals surface area contributed by atoms with Crippen molar-refractivity contribution in [3.05, 3.63) is 59.4 Å². The van der Waals surface area contributed by atoms with Gasteiger partial charge in [0.05, 0.1) is 23.0 Å². The van der Waals surface area contributed by atoms with Gasteiger partial charge in [-0.2, -0.15) is 10.4 Å². The van der Waals surface area contributed by atoms with Gasteiger partial charge in [0.1, 0.15) is 0 Å². The molecule has 4 nitrogen and oxygen atoms in total. The van der Waals surface area contributed by atoms with E-state index in [1.807, 2.05) is 36.5 Å². The molecule has 0 fully saturated rings. The number of nitrogens with zero attached hydrogens (tertiary/aromatic N) is 3. The van der Waals surface area contributed by atoms with Crippen LogP contribution >= 0.6 is 0 Å². The lowest BCUT2D eigenvalue weighted by molar-refractivity contribution is 0.942. The molecule has 0 aliphatic heterocycles. The van der Waals surface area contributed by atoms with Crippen molar-refractivity contribution in [1.82, 2.24) is 15.2 Å². The highest BCUT2D eigenvalue weighted by Gasteiger charge is 2.22. The van der Waals surface area contributed by atoms with Crippen LogP contribution in [0.3, 0.4) is 0 Å². The van der Waals surface area contributed by atoms with Gasteiger partial charge < -0.3 is 0 Å². The van der Waals surface area contributed by atoms with Crippen molar-refractivity contribution >= 4 is 0 Å². The molecule has 21 heavy (non-hydrogen) atoms. The zero-order valence-corrected chi connectivity index (χ0v) is 11.3. The second kappa shape index (κ2) is 4.57. The lowest BCUT2D eigenvalue weighted by Gasteiger charge is -2.16. The molecule has 100 valence electrons. The number of nitriles is 1. The van der Waals surface area contributed by atoms with Crippen LogP contribution in [0.1, 0.15) is 16.7 Å². The quantitative estimate of drug-likeness (QED) is 0.740. The Labute approximate surface area is 122 Å². The van der Waals surface area contributed by atoms with E-state index in [1.54, 1.807) is 6.20 Å². The van der Waals surface area contributed by atoms with Gasteiger partial charge in [0.15, 0.2) is 0 Å². The first-order valence-corrected chi connectivity index (χ1v) is 6.88. The highest BCUT2D eigenvalue weighted by molar-refractivity contribution is 5.77. The molecule has 0 unspecified atom stereocenters. The summed E-state index contributed by atoms with van der Waals surface area (Å²) in [5.74, 6) is 0. The Kier molecular flexibility index (Phi) is 2.58. The first-order chi connectivity index (χ1) is 10.4. The summed E-state index contributed by atoms with van der Waals surface area (Å²) in [5.41, 5.74) is 7.39. The van der Waals surface area contributed by atoms with Crippen molar-refractivity contribution in [2.45, 2.75) is 12.8 Å². The maximum absolute atomic E-state index is 9.01. The molecule has 1 N–H and O–H groups in total. The van der Waals surface area contributed by atoms with Crippen LogP contribution in [-0.4, -0.2) is 15.2 Å². The zero-order chi connectivity index (χ0) is 14.2. The van der Waals surface area contributed by atoms with Gasteiger partial charge in [-0.05, 0) is 42.7 Å². The summed E-state index contributed by atoms with van der Waals surface area (Å²) in [6.07, 6.45) is 5.47. The number of aromatic nitrogens is 3. The molecule has 1 aliphatic carbocycles. The number of benzene rings is 1. The summed E-state index contributed by atoms with van der Waals surface area (Å²) in [7, 11) is 0. The summed E-state index contributed by atoms with van der Waals surface area (Å²) >= 11 is 0. The summed E-state index contributed by atoms with van der Waals surface area (Å²) in [6.45, 7) is 0. The number of rotatable bonds is 1. The van der Waals surface area contributed by atoms with Crippen molar-refractivity contribution in [3.63, 3.8) is 0 Å². The Morgan fingerprint density at radius 2 is 2.14 bits per heavy atom. The lowest BCUT2D eigenvalue weighted by atomic mass is 9.87. The summed E-state index contributed by atoms with van der Waals surface area (Å²) in [6, 6.07) is 12.0. The van der Waals surface area contributed by atoms with Crippen molar-refractivity contribution in [2.24, 2.45) is 0 Å². The molecule has 1 aliphatic rings. The fourth-order valence-electron chi connectivity index (χ4n) is 2.95. The lowest BCUT2D eigenvalue weighted by Crippen LogP contribution is -2.04. The van der Waals surface area contributed by atoms with Crippen LogP contribution in [0, 0.1) is 11.3 Å². The molecule has 0 bridgehead atoms. The Morgan fingerprint density at radius 3 is 2.95 bits per heavy atom. The van der Waals surface area contributed by atoms with Crippen LogP contribution in [0.25, 0.3) is 22.5 Å². The van der Waals surface area contributed by atoms with Crippen LogP contribution in [-0.2, 0) is 12.8 Å². The SMILES string of the molecule is N#Cc1ccc2c(c1)CCc1c(-c3cccnc3)n[nH]c1-2. The van der Waals surface area contributed by atoms with Gasteiger partial charge in [0, 0.05) is 29.1 Å². The molecule has 2 aromatic heterocycles. The molecule has 0 saturated carbocycles. The average molecular weight is 272 g/mol. The van der Waals surface area contributed by atoms with Crippen LogP contribution in [0.15, 0.2) is 42.7 Å². The standard InChI is InChI=1S/C17H12N4/c18-9-11-3-5-14-12(8-11)4-6-15-16(20-21-17(14)15)13-2-1-7-19-10-13/h1-3,5,7-8,10H,4,6H2,(H,20,21). The number of aryl methyl sites for hydroxylation is 1. The molecule has 4 heteroatoms.